The van der Waals surface area contributed by atoms with Crippen LogP contribution in [0.15, 0.2) is 29.4 Å². The van der Waals surface area contributed by atoms with Crippen molar-refractivity contribution in [3.63, 3.8) is 0 Å². The quantitative estimate of drug-likeness (QED) is 0.456. The van der Waals surface area contributed by atoms with E-state index in [0.29, 0.717) is 11.6 Å². The van der Waals surface area contributed by atoms with Crippen molar-refractivity contribution >= 4 is 5.69 Å². The first kappa shape index (κ1) is 10.0. The maximum absolute atomic E-state index is 8.35. The summed E-state index contributed by atoms with van der Waals surface area (Å²) >= 11 is 0. The van der Waals surface area contributed by atoms with E-state index in [-0.39, 0.29) is 5.54 Å². The number of hydrogen-bond donors (Lipinski definition) is 1. The fourth-order valence-corrected chi connectivity index (χ4v) is 2.02. The molecule has 2 atom stereocenters. The summed E-state index contributed by atoms with van der Waals surface area (Å²) in [5.74, 6) is 0.427. The Bertz CT molecular complexity index is 422. The summed E-state index contributed by atoms with van der Waals surface area (Å²) in [4.78, 5) is 2.78. The van der Waals surface area contributed by atoms with Gasteiger partial charge in [-0.25, -0.2) is 0 Å². The van der Waals surface area contributed by atoms with Crippen LogP contribution in [0.4, 0.5) is 5.69 Å². The zero-order valence-electron chi connectivity index (χ0n) is 8.72. The normalized spacial score (nSPS) is 28.3. The second-order valence-corrected chi connectivity index (χ2v) is 4.13. The van der Waals surface area contributed by atoms with Gasteiger partial charge in [-0.1, -0.05) is 30.2 Å². The zero-order chi connectivity index (χ0) is 10.9. The Labute approximate surface area is 88.7 Å². The maximum atomic E-state index is 8.35. The molecule has 0 amide bonds. The molecule has 2 N–H and O–H groups in total. The largest absolute Gasteiger partial charge is 0.325 e. The molecule has 0 spiro atoms. The van der Waals surface area contributed by atoms with Gasteiger partial charge < -0.3 is 5.73 Å². The minimum Gasteiger partial charge on any atom is -0.325 e. The van der Waals surface area contributed by atoms with Crippen molar-refractivity contribution in [1.29, 1.82) is 0 Å². The van der Waals surface area contributed by atoms with Crippen LogP contribution in [0, 0.1) is 0 Å². The molecule has 4 heteroatoms. The van der Waals surface area contributed by atoms with Gasteiger partial charge in [0.05, 0.1) is 0 Å². The molecule has 0 heterocycles. The summed E-state index contributed by atoms with van der Waals surface area (Å²) in [6.07, 6.45) is 2.02. The lowest BCUT2D eigenvalue weighted by molar-refractivity contribution is 0.626. The molecule has 0 saturated heterocycles. The van der Waals surface area contributed by atoms with Gasteiger partial charge in [-0.2, -0.15) is 0 Å². The first-order chi connectivity index (χ1) is 7.19. The molecule has 2 rings (SSSR count). The second-order valence-electron chi connectivity index (χ2n) is 4.13. The first-order valence-electron chi connectivity index (χ1n) is 5.13. The zero-order valence-corrected chi connectivity index (χ0v) is 8.72. The third-order valence-corrected chi connectivity index (χ3v) is 3.21. The fraction of sp³-hybridized carbons (Fsp3) is 0.455. The molecule has 78 valence electrons. The van der Waals surface area contributed by atoms with Crippen molar-refractivity contribution in [1.82, 2.24) is 0 Å². The number of azide groups is 1. The van der Waals surface area contributed by atoms with Gasteiger partial charge in [0.15, 0.2) is 0 Å². The molecule has 0 radical (unpaired) electrons. The van der Waals surface area contributed by atoms with E-state index in [1.807, 2.05) is 18.2 Å². The molecule has 1 aromatic rings. The van der Waals surface area contributed by atoms with Gasteiger partial charge in [0.2, 0.25) is 0 Å². The number of nitrogens with two attached hydrogens (primary N) is 1. The third-order valence-electron chi connectivity index (χ3n) is 3.21. The lowest BCUT2D eigenvalue weighted by atomic mass is 10.0. The Hall–Kier alpha value is -1.51. The number of hydrogen-bond acceptors (Lipinski definition) is 2. The van der Waals surface area contributed by atoms with Gasteiger partial charge in [0.25, 0.3) is 0 Å². The number of nitrogens with zero attached hydrogens (tertiary/aromatic N) is 3. The summed E-state index contributed by atoms with van der Waals surface area (Å²) in [5.41, 5.74) is 16.3. The molecule has 2 unspecified atom stereocenters. The van der Waals surface area contributed by atoms with Crippen molar-refractivity contribution in [2.45, 2.75) is 31.2 Å². The Morgan fingerprint density at radius 1 is 1.67 bits per heavy atom. The lowest BCUT2D eigenvalue weighted by Gasteiger charge is -2.07. The second kappa shape index (κ2) is 3.57. The van der Waals surface area contributed by atoms with Crippen LogP contribution in [0.2, 0.25) is 0 Å². The topological polar surface area (TPSA) is 74.8 Å². The highest BCUT2D eigenvalue weighted by atomic mass is 15.1. The van der Waals surface area contributed by atoms with Gasteiger partial charge in [0.1, 0.15) is 0 Å². The highest BCUT2D eigenvalue weighted by Crippen LogP contribution is 2.51. The third kappa shape index (κ3) is 1.82. The first-order valence-corrected chi connectivity index (χ1v) is 5.13. The van der Waals surface area contributed by atoms with Crippen molar-refractivity contribution in [2.75, 3.05) is 0 Å². The summed E-state index contributed by atoms with van der Waals surface area (Å²) < 4.78 is 0. The lowest BCUT2D eigenvalue weighted by Crippen LogP contribution is -2.22. The molecular weight excluding hydrogens is 188 g/mol. The van der Waals surface area contributed by atoms with Crippen molar-refractivity contribution < 1.29 is 0 Å². The number of rotatable bonds is 3. The van der Waals surface area contributed by atoms with Crippen LogP contribution in [0.5, 0.6) is 0 Å². The predicted octanol–water partition coefficient (Wildman–Crippen LogP) is 3.22. The van der Waals surface area contributed by atoms with Crippen LogP contribution in [-0.4, -0.2) is 5.54 Å². The summed E-state index contributed by atoms with van der Waals surface area (Å²) in [5, 5.41) is 3.59. The van der Waals surface area contributed by atoms with E-state index in [4.69, 9.17) is 11.3 Å². The van der Waals surface area contributed by atoms with Gasteiger partial charge in [-0.05, 0) is 30.0 Å². The molecule has 0 aliphatic heterocycles. The minimum atomic E-state index is -0.0328. The molecule has 1 saturated carbocycles. The molecular formula is C11H14N4. The van der Waals surface area contributed by atoms with E-state index >= 15 is 0 Å². The smallest absolute Gasteiger partial charge is 0.0378 e. The number of benzene rings is 1. The van der Waals surface area contributed by atoms with Gasteiger partial charge in [-0.3, -0.25) is 0 Å². The standard InChI is InChI=1S/C11H14N4/c1-2-11(12)7-10(11)8-4-3-5-9(6-8)14-15-13/h3-6,10H,2,7,12H2,1H3. The Kier molecular flexibility index (Phi) is 2.39. The van der Waals surface area contributed by atoms with E-state index in [2.05, 4.69) is 16.9 Å². The monoisotopic (exact) mass is 202 g/mol. The van der Waals surface area contributed by atoms with Crippen LogP contribution >= 0.6 is 0 Å². The Morgan fingerprint density at radius 3 is 3.07 bits per heavy atom. The Morgan fingerprint density at radius 2 is 2.47 bits per heavy atom. The average molecular weight is 202 g/mol. The van der Waals surface area contributed by atoms with Crippen molar-refractivity contribution in [3.05, 3.63) is 40.3 Å². The SMILES string of the molecule is CCC1(N)CC1c1cccc(N=[N+]=[N-])c1. The van der Waals surface area contributed by atoms with Gasteiger partial charge >= 0.3 is 0 Å². The van der Waals surface area contributed by atoms with E-state index in [0.717, 1.165) is 12.8 Å². The summed E-state index contributed by atoms with van der Waals surface area (Å²) in [7, 11) is 0. The highest BCUT2D eigenvalue weighted by Gasteiger charge is 2.49. The molecule has 0 aromatic heterocycles. The Balaban J connectivity index is 2.24. The van der Waals surface area contributed by atoms with Crippen molar-refractivity contribution in [2.24, 2.45) is 10.8 Å². The molecule has 1 aliphatic carbocycles. The van der Waals surface area contributed by atoms with E-state index in [1.54, 1.807) is 6.07 Å². The molecule has 1 aliphatic rings. The van der Waals surface area contributed by atoms with Crippen LogP contribution in [-0.2, 0) is 0 Å². The van der Waals surface area contributed by atoms with Crippen LogP contribution in [0.1, 0.15) is 31.2 Å². The van der Waals surface area contributed by atoms with Crippen LogP contribution in [0.3, 0.4) is 0 Å². The van der Waals surface area contributed by atoms with Crippen LogP contribution < -0.4 is 5.73 Å². The van der Waals surface area contributed by atoms with E-state index in [9.17, 15) is 0 Å². The highest BCUT2D eigenvalue weighted by molar-refractivity contribution is 5.44. The molecule has 1 fully saturated rings. The summed E-state index contributed by atoms with van der Waals surface area (Å²) in [6, 6.07) is 7.68. The van der Waals surface area contributed by atoms with E-state index < -0.39 is 0 Å². The summed E-state index contributed by atoms with van der Waals surface area (Å²) in [6.45, 7) is 2.11. The predicted molar refractivity (Wildman–Crippen MR) is 59.8 cm³/mol. The average Bonchev–Trinajstić information content (AvgIpc) is 2.93. The molecule has 1 aromatic carbocycles. The molecule has 15 heavy (non-hydrogen) atoms. The maximum Gasteiger partial charge on any atom is 0.0378 e. The van der Waals surface area contributed by atoms with Crippen molar-refractivity contribution in [3.8, 4) is 0 Å². The molecule has 0 bridgehead atoms. The molecule has 4 nitrogen and oxygen atoms in total. The van der Waals surface area contributed by atoms with Gasteiger partial charge in [-0.15, -0.1) is 0 Å². The van der Waals surface area contributed by atoms with Crippen LogP contribution in [0.25, 0.3) is 10.4 Å². The minimum absolute atomic E-state index is 0.0328. The van der Waals surface area contributed by atoms with E-state index in [1.165, 1.54) is 5.56 Å². The van der Waals surface area contributed by atoms with Gasteiger partial charge in [0, 0.05) is 22.1 Å². The fourth-order valence-electron chi connectivity index (χ4n) is 2.02.